The van der Waals surface area contributed by atoms with Crippen molar-refractivity contribution in [3.8, 4) is 11.5 Å². The Kier molecular flexibility index (Phi) is 5.76. The lowest BCUT2D eigenvalue weighted by Gasteiger charge is -2.10. The SMILES string of the molecule is C/C(=N\NC(=S)Nc1ccc(C(C)C)cc1)c1cc(O)ccc1O. The Morgan fingerprint density at radius 1 is 1.08 bits per heavy atom. The Bertz CT molecular complexity index is 755. The maximum Gasteiger partial charge on any atom is 0.191 e. The van der Waals surface area contributed by atoms with E-state index < -0.39 is 0 Å². The molecule has 0 spiro atoms. The lowest BCUT2D eigenvalue weighted by atomic mass is 10.0. The third kappa shape index (κ3) is 4.70. The van der Waals surface area contributed by atoms with Crippen LogP contribution >= 0.6 is 12.2 Å². The van der Waals surface area contributed by atoms with Crippen molar-refractivity contribution in [3.05, 3.63) is 53.6 Å². The van der Waals surface area contributed by atoms with Crippen LogP contribution < -0.4 is 10.7 Å². The van der Waals surface area contributed by atoms with E-state index in [2.05, 4.69) is 41.8 Å². The summed E-state index contributed by atoms with van der Waals surface area (Å²) in [5.41, 5.74) is 5.79. The fraction of sp³-hybridized carbons (Fsp3) is 0.222. The smallest absolute Gasteiger partial charge is 0.191 e. The number of aromatic hydroxyl groups is 2. The first-order valence-electron chi connectivity index (χ1n) is 7.60. The van der Waals surface area contributed by atoms with Gasteiger partial charge in [0.05, 0.1) is 5.71 Å². The van der Waals surface area contributed by atoms with Crippen LogP contribution in [0, 0.1) is 0 Å². The highest BCUT2D eigenvalue weighted by Crippen LogP contribution is 2.22. The van der Waals surface area contributed by atoms with Gasteiger partial charge in [-0.15, -0.1) is 0 Å². The zero-order valence-corrected chi connectivity index (χ0v) is 14.7. The largest absolute Gasteiger partial charge is 0.508 e. The van der Waals surface area contributed by atoms with Crippen LogP contribution in [0.15, 0.2) is 47.6 Å². The summed E-state index contributed by atoms with van der Waals surface area (Å²) in [6, 6.07) is 12.3. The standard InChI is InChI=1S/C18H21N3O2S/c1-11(2)13-4-6-14(7-5-13)19-18(24)21-20-12(3)16-10-15(22)8-9-17(16)23/h4-11,22-23H,1-3H3,(H2,19,21,24)/b20-12+. The summed E-state index contributed by atoms with van der Waals surface area (Å²) in [5, 5.41) is 26.8. The van der Waals surface area contributed by atoms with Crippen LogP contribution in [0.25, 0.3) is 0 Å². The minimum atomic E-state index is 0.0407. The van der Waals surface area contributed by atoms with Gasteiger partial charge in [0.1, 0.15) is 11.5 Å². The molecule has 6 heteroatoms. The number of nitrogens with zero attached hydrogens (tertiary/aromatic N) is 1. The molecule has 0 unspecified atom stereocenters. The Morgan fingerprint density at radius 2 is 1.75 bits per heavy atom. The van der Waals surface area contributed by atoms with E-state index >= 15 is 0 Å². The molecule has 0 heterocycles. The number of hydrazone groups is 1. The van der Waals surface area contributed by atoms with E-state index in [1.165, 1.54) is 23.8 Å². The van der Waals surface area contributed by atoms with Crippen LogP contribution in [0.1, 0.15) is 37.8 Å². The molecule has 0 fully saturated rings. The van der Waals surface area contributed by atoms with Gasteiger partial charge in [-0.3, -0.25) is 5.43 Å². The van der Waals surface area contributed by atoms with E-state index in [1.54, 1.807) is 6.92 Å². The van der Waals surface area contributed by atoms with Crippen LogP contribution in [-0.2, 0) is 0 Å². The van der Waals surface area contributed by atoms with E-state index in [0.29, 0.717) is 22.3 Å². The summed E-state index contributed by atoms with van der Waals surface area (Å²) >= 11 is 5.21. The molecule has 0 amide bonds. The molecule has 0 atom stereocenters. The van der Waals surface area contributed by atoms with Crippen LogP contribution in [-0.4, -0.2) is 21.0 Å². The second-order valence-electron chi connectivity index (χ2n) is 5.74. The van der Waals surface area contributed by atoms with Gasteiger partial charge in [0.15, 0.2) is 5.11 Å². The van der Waals surface area contributed by atoms with Crippen LogP contribution in [0.4, 0.5) is 5.69 Å². The quantitative estimate of drug-likeness (QED) is 0.293. The number of hydrogen-bond acceptors (Lipinski definition) is 4. The van der Waals surface area contributed by atoms with Gasteiger partial charge in [0.25, 0.3) is 0 Å². The van der Waals surface area contributed by atoms with Crippen molar-refractivity contribution >= 4 is 28.7 Å². The van der Waals surface area contributed by atoms with Crippen molar-refractivity contribution < 1.29 is 10.2 Å². The first kappa shape index (κ1) is 17.7. The van der Waals surface area contributed by atoms with Crippen molar-refractivity contribution in [2.75, 3.05) is 5.32 Å². The van der Waals surface area contributed by atoms with Gasteiger partial charge in [-0.2, -0.15) is 5.10 Å². The Hall–Kier alpha value is -2.60. The maximum atomic E-state index is 9.81. The number of phenolic OH excluding ortho intramolecular Hbond substituents is 2. The summed E-state index contributed by atoms with van der Waals surface area (Å²) < 4.78 is 0. The number of phenols is 2. The molecule has 4 N–H and O–H groups in total. The summed E-state index contributed by atoms with van der Waals surface area (Å²) in [6.07, 6.45) is 0. The minimum Gasteiger partial charge on any atom is -0.508 e. The predicted molar refractivity (Wildman–Crippen MR) is 102 cm³/mol. The van der Waals surface area contributed by atoms with Crippen LogP contribution in [0.3, 0.4) is 0 Å². The molecule has 0 saturated heterocycles. The van der Waals surface area contributed by atoms with Crippen molar-refractivity contribution in [2.24, 2.45) is 5.10 Å². The summed E-state index contributed by atoms with van der Waals surface area (Å²) in [4.78, 5) is 0. The van der Waals surface area contributed by atoms with Gasteiger partial charge in [-0.25, -0.2) is 0 Å². The molecule has 2 aromatic rings. The molecular weight excluding hydrogens is 322 g/mol. The maximum absolute atomic E-state index is 9.81. The molecule has 0 aliphatic carbocycles. The second-order valence-corrected chi connectivity index (χ2v) is 6.15. The normalized spacial score (nSPS) is 11.4. The second kappa shape index (κ2) is 7.79. The van der Waals surface area contributed by atoms with Crippen molar-refractivity contribution in [1.29, 1.82) is 0 Å². The highest BCUT2D eigenvalue weighted by molar-refractivity contribution is 7.80. The first-order valence-corrected chi connectivity index (χ1v) is 8.01. The summed E-state index contributed by atoms with van der Waals surface area (Å²) in [5.74, 6) is 0.577. The molecule has 0 aliphatic heterocycles. The minimum absolute atomic E-state index is 0.0407. The first-order chi connectivity index (χ1) is 11.4. The topological polar surface area (TPSA) is 76.9 Å². The molecule has 2 rings (SSSR count). The molecule has 2 aromatic carbocycles. The van der Waals surface area contributed by atoms with Gasteiger partial charge in [0.2, 0.25) is 0 Å². The van der Waals surface area contributed by atoms with Gasteiger partial charge < -0.3 is 15.5 Å². The highest BCUT2D eigenvalue weighted by Gasteiger charge is 2.06. The lowest BCUT2D eigenvalue weighted by Crippen LogP contribution is -2.25. The Morgan fingerprint density at radius 3 is 2.38 bits per heavy atom. The number of rotatable bonds is 4. The summed E-state index contributed by atoms with van der Waals surface area (Å²) in [6.45, 7) is 5.99. The number of benzene rings is 2. The molecule has 0 aliphatic rings. The van der Waals surface area contributed by atoms with Crippen molar-refractivity contribution in [1.82, 2.24) is 5.43 Å². The van der Waals surface area contributed by atoms with Gasteiger partial charge in [-0.05, 0) is 61.0 Å². The molecule has 0 aromatic heterocycles. The van der Waals surface area contributed by atoms with Crippen LogP contribution in [0.5, 0.6) is 11.5 Å². The number of anilines is 1. The zero-order valence-electron chi connectivity index (χ0n) is 13.9. The van der Waals surface area contributed by atoms with Crippen molar-refractivity contribution in [3.63, 3.8) is 0 Å². The molecule has 126 valence electrons. The monoisotopic (exact) mass is 343 g/mol. The third-order valence-corrected chi connectivity index (χ3v) is 3.72. The van der Waals surface area contributed by atoms with Gasteiger partial charge >= 0.3 is 0 Å². The van der Waals surface area contributed by atoms with E-state index in [9.17, 15) is 10.2 Å². The van der Waals surface area contributed by atoms with E-state index in [0.717, 1.165) is 5.69 Å². The van der Waals surface area contributed by atoms with Crippen LogP contribution in [0.2, 0.25) is 0 Å². The number of nitrogens with one attached hydrogen (secondary N) is 2. The third-order valence-electron chi connectivity index (χ3n) is 3.53. The number of hydrogen-bond donors (Lipinski definition) is 4. The van der Waals surface area contributed by atoms with Crippen molar-refractivity contribution in [2.45, 2.75) is 26.7 Å². The molecular formula is C18H21N3O2S. The zero-order chi connectivity index (χ0) is 17.7. The van der Waals surface area contributed by atoms with E-state index in [1.807, 2.05) is 12.1 Å². The lowest BCUT2D eigenvalue weighted by molar-refractivity contribution is 0.459. The summed E-state index contributed by atoms with van der Waals surface area (Å²) in [7, 11) is 0. The Labute approximate surface area is 147 Å². The average Bonchev–Trinajstić information content (AvgIpc) is 2.55. The fourth-order valence-corrected chi connectivity index (χ4v) is 2.28. The average molecular weight is 343 g/mol. The molecule has 5 nitrogen and oxygen atoms in total. The molecule has 24 heavy (non-hydrogen) atoms. The highest BCUT2D eigenvalue weighted by atomic mass is 32.1. The molecule has 0 radical (unpaired) electrons. The Balaban J connectivity index is 2.00. The predicted octanol–water partition coefficient (Wildman–Crippen LogP) is 3.93. The number of thiocarbonyl (C=S) groups is 1. The van der Waals surface area contributed by atoms with E-state index in [4.69, 9.17) is 12.2 Å². The van der Waals surface area contributed by atoms with E-state index in [-0.39, 0.29) is 11.5 Å². The molecule has 0 bridgehead atoms. The fourth-order valence-electron chi connectivity index (χ4n) is 2.12. The van der Waals surface area contributed by atoms with Gasteiger partial charge in [0, 0.05) is 11.3 Å². The van der Waals surface area contributed by atoms with Gasteiger partial charge in [-0.1, -0.05) is 26.0 Å². The molecule has 0 saturated carbocycles.